The van der Waals surface area contributed by atoms with Crippen molar-refractivity contribution in [1.29, 1.82) is 0 Å². The molecule has 6 rings (SSSR count). The maximum absolute atomic E-state index is 13.8. The second-order valence-electron chi connectivity index (χ2n) is 10.6. The minimum absolute atomic E-state index is 0.0608. The van der Waals surface area contributed by atoms with Gasteiger partial charge in [0.2, 0.25) is 0 Å². The molecule has 3 aliphatic heterocycles. The highest BCUT2D eigenvalue weighted by molar-refractivity contribution is 5.81. The van der Waals surface area contributed by atoms with Crippen LogP contribution in [0.2, 0.25) is 0 Å². The van der Waals surface area contributed by atoms with Crippen molar-refractivity contribution in [1.82, 2.24) is 0 Å². The van der Waals surface area contributed by atoms with Gasteiger partial charge in [0.1, 0.15) is 18.8 Å². The molecule has 1 aromatic carbocycles. The van der Waals surface area contributed by atoms with Gasteiger partial charge >= 0.3 is 5.97 Å². The van der Waals surface area contributed by atoms with E-state index in [1.807, 2.05) is 6.07 Å². The number of quaternary nitrogens is 1. The molecule has 32 heavy (non-hydrogen) atoms. The number of ether oxygens (including phenoxy) is 2. The molecule has 3 heterocycles. The minimum Gasteiger partial charge on any atom is -0.497 e. The lowest BCUT2D eigenvalue weighted by atomic mass is 9.73. The average molecular weight is 437 g/mol. The van der Waals surface area contributed by atoms with Crippen LogP contribution in [0.15, 0.2) is 48.1 Å². The van der Waals surface area contributed by atoms with Crippen LogP contribution in [0.1, 0.15) is 63.4 Å². The Morgan fingerprint density at radius 2 is 1.91 bits per heavy atom. The van der Waals surface area contributed by atoms with E-state index in [1.165, 1.54) is 49.9 Å². The fourth-order valence-corrected chi connectivity index (χ4v) is 6.78. The molecule has 0 aromatic heterocycles. The fourth-order valence-electron chi connectivity index (χ4n) is 6.78. The van der Waals surface area contributed by atoms with Gasteiger partial charge in [0.25, 0.3) is 0 Å². The average Bonchev–Trinajstić information content (AvgIpc) is 3.25. The van der Waals surface area contributed by atoms with Crippen molar-refractivity contribution >= 4 is 5.97 Å². The van der Waals surface area contributed by atoms with Gasteiger partial charge in [-0.05, 0) is 37.0 Å². The Morgan fingerprint density at radius 1 is 1.12 bits per heavy atom. The molecule has 4 nitrogen and oxygen atoms in total. The summed E-state index contributed by atoms with van der Waals surface area (Å²) in [6, 6.07) is 8.46. The van der Waals surface area contributed by atoms with Crippen LogP contribution in [0.4, 0.5) is 0 Å². The monoisotopic (exact) mass is 436 g/mol. The van der Waals surface area contributed by atoms with Gasteiger partial charge in [0.15, 0.2) is 6.10 Å². The summed E-state index contributed by atoms with van der Waals surface area (Å²) >= 11 is 0. The Bertz CT molecular complexity index is 886. The lowest BCUT2D eigenvalue weighted by Crippen LogP contribution is -2.64. The summed E-state index contributed by atoms with van der Waals surface area (Å²) in [5.74, 6) is 1.53. The number of nitrogens with zero attached hydrogens (tertiary/aromatic N) is 1. The van der Waals surface area contributed by atoms with Gasteiger partial charge in [0, 0.05) is 24.3 Å². The molecule has 172 valence electrons. The second-order valence-corrected chi connectivity index (χ2v) is 10.6. The normalized spacial score (nSPS) is 31.1. The minimum atomic E-state index is -0.385. The van der Waals surface area contributed by atoms with Crippen LogP contribution in [0.3, 0.4) is 0 Å². The quantitative estimate of drug-likeness (QED) is 0.332. The summed E-state index contributed by atoms with van der Waals surface area (Å²) in [5.41, 5.74) is 2.23. The Labute approximate surface area is 192 Å². The summed E-state index contributed by atoms with van der Waals surface area (Å²) < 4.78 is 13.0. The fraction of sp³-hybridized carbons (Fsp3) is 0.607. The predicted molar refractivity (Wildman–Crippen MR) is 126 cm³/mol. The van der Waals surface area contributed by atoms with Crippen LogP contribution in [0.5, 0.6) is 5.75 Å². The standard InChI is InChI=1S/C28H38NO3/c1-31-25-12-8-9-22(19-25)20-29-17-13-23(14-18-29)26(21-29)32-27(30)28(24-10-4-5-11-24)15-6-2-3-7-16-28/h4-5,8-10,12,19,23,26H,2-3,6-7,11,13-18,20-21H2,1H3/q+1/t23?,26-,29?/m0/s1. The molecule has 0 N–H and O–H groups in total. The van der Waals surface area contributed by atoms with Gasteiger partial charge in [0.05, 0.1) is 25.6 Å². The summed E-state index contributed by atoms with van der Waals surface area (Å²) in [6.07, 6.45) is 16.5. The van der Waals surface area contributed by atoms with Crippen molar-refractivity contribution in [3.63, 3.8) is 0 Å². The third kappa shape index (κ3) is 4.14. The predicted octanol–water partition coefficient (Wildman–Crippen LogP) is 5.57. The maximum atomic E-state index is 13.8. The largest absolute Gasteiger partial charge is 0.497 e. The first-order valence-electron chi connectivity index (χ1n) is 12.7. The van der Waals surface area contributed by atoms with Gasteiger partial charge in [-0.3, -0.25) is 4.79 Å². The molecule has 1 aromatic rings. The molecular formula is C28H38NO3+. The molecule has 0 radical (unpaired) electrons. The molecule has 2 aliphatic carbocycles. The smallest absolute Gasteiger partial charge is 0.316 e. The van der Waals surface area contributed by atoms with Crippen LogP contribution in [-0.2, 0) is 16.1 Å². The Morgan fingerprint density at radius 3 is 2.59 bits per heavy atom. The zero-order valence-electron chi connectivity index (χ0n) is 19.6. The third-order valence-electron chi connectivity index (χ3n) is 8.69. The molecule has 5 aliphatic rings. The molecule has 0 unspecified atom stereocenters. The van der Waals surface area contributed by atoms with Crippen molar-refractivity contribution in [2.24, 2.45) is 11.3 Å². The number of piperidine rings is 3. The first-order chi connectivity index (χ1) is 15.6. The van der Waals surface area contributed by atoms with E-state index in [-0.39, 0.29) is 17.5 Å². The van der Waals surface area contributed by atoms with Crippen molar-refractivity contribution in [3.8, 4) is 5.75 Å². The van der Waals surface area contributed by atoms with E-state index < -0.39 is 0 Å². The molecule has 0 spiro atoms. The highest BCUT2D eigenvalue weighted by Gasteiger charge is 2.50. The number of carbonyl (C=O) groups is 1. The maximum Gasteiger partial charge on any atom is 0.316 e. The Hall–Kier alpha value is -2.07. The van der Waals surface area contributed by atoms with E-state index in [0.29, 0.717) is 5.92 Å². The van der Waals surface area contributed by atoms with Crippen molar-refractivity contribution < 1.29 is 18.8 Å². The second kappa shape index (κ2) is 9.05. The van der Waals surface area contributed by atoms with Gasteiger partial charge in [-0.1, -0.05) is 56.0 Å². The van der Waals surface area contributed by atoms with E-state index in [9.17, 15) is 4.79 Å². The number of carbonyl (C=O) groups excluding carboxylic acids is 1. The van der Waals surface area contributed by atoms with E-state index in [4.69, 9.17) is 9.47 Å². The summed E-state index contributed by atoms with van der Waals surface area (Å²) in [5, 5.41) is 0. The van der Waals surface area contributed by atoms with Gasteiger partial charge in [-0.25, -0.2) is 0 Å². The SMILES string of the molecule is COc1cccc(C[N+]23CCC(CC2)[C@@H](OC(=O)C2(C4=CC=CC4)CCCCCC2)C3)c1. The summed E-state index contributed by atoms with van der Waals surface area (Å²) in [4.78, 5) is 13.8. The van der Waals surface area contributed by atoms with E-state index >= 15 is 0 Å². The van der Waals surface area contributed by atoms with Gasteiger partial charge < -0.3 is 14.0 Å². The first kappa shape index (κ1) is 21.8. The summed E-state index contributed by atoms with van der Waals surface area (Å²) in [7, 11) is 1.73. The van der Waals surface area contributed by atoms with E-state index in [0.717, 1.165) is 55.4 Å². The van der Waals surface area contributed by atoms with E-state index in [1.54, 1.807) is 7.11 Å². The van der Waals surface area contributed by atoms with Gasteiger partial charge in [-0.2, -0.15) is 0 Å². The van der Waals surface area contributed by atoms with Crippen molar-refractivity contribution in [3.05, 3.63) is 53.6 Å². The number of rotatable bonds is 6. The molecule has 1 atom stereocenters. The lowest BCUT2D eigenvalue weighted by molar-refractivity contribution is -0.958. The first-order valence-corrected chi connectivity index (χ1v) is 12.7. The number of hydrogen-bond acceptors (Lipinski definition) is 3. The van der Waals surface area contributed by atoms with Gasteiger partial charge in [-0.15, -0.1) is 0 Å². The number of allylic oxidation sites excluding steroid dienone is 3. The highest BCUT2D eigenvalue weighted by Crippen LogP contribution is 2.47. The molecule has 4 heteroatoms. The molecular weight excluding hydrogens is 398 g/mol. The highest BCUT2D eigenvalue weighted by atomic mass is 16.5. The third-order valence-corrected chi connectivity index (χ3v) is 8.69. The number of fused-ring (bicyclic) bond motifs is 3. The van der Waals surface area contributed by atoms with Crippen molar-refractivity contribution in [2.75, 3.05) is 26.7 Å². The molecule has 3 saturated heterocycles. The zero-order chi connectivity index (χ0) is 22.0. The lowest BCUT2D eigenvalue weighted by Gasteiger charge is -2.52. The van der Waals surface area contributed by atoms with Crippen molar-refractivity contribution in [2.45, 2.75) is 70.4 Å². The number of benzene rings is 1. The number of esters is 1. The Balaban J connectivity index is 1.33. The Kier molecular flexibility index (Phi) is 6.16. The molecule has 4 fully saturated rings. The number of methoxy groups -OCH3 is 1. The number of hydrogen-bond donors (Lipinski definition) is 0. The van der Waals surface area contributed by atoms with Crippen LogP contribution >= 0.6 is 0 Å². The molecule has 1 saturated carbocycles. The molecule has 2 bridgehead atoms. The van der Waals surface area contributed by atoms with Crippen LogP contribution in [-0.4, -0.2) is 43.3 Å². The van der Waals surface area contributed by atoms with E-state index in [2.05, 4.69) is 36.4 Å². The van der Waals surface area contributed by atoms with Crippen LogP contribution in [0, 0.1) is 11.3 Å². The molecule has 0 amide bonds. The van der Waals surface area contributed by atoms with Crippen LogP contribution in [0.25, 0.3) is 0 Å². The summed E-state index contributed by atoms with van der Waals surface area (Å²) in [6.45, 7) is 4.34. The topological polar surface area (TPSA) is 35.5 Å². The van der Waals surface area contributed by atoms with Crippen LogP contribution < -0.4 is 4.74 Å². The zero-order valence-corrected chi connectivity index (χ0v) is 19.6.